The van der Waals surface area contributed by atoms with Gasteiger partial charge in [-0.25, -0.2) is 9.97 Å². The topological polar surface area (TPSA) is 73.1 Å². The number of aromatic nitrogens is 4. The van der Waals surface area contributed by atoms with Gasteiger partial charge in [-0.15, -0.1) is 0 Å². The number of nitrogens with zero attached hydrogens (tertiary/aromatic N) is 5. The van der Waals surface area contributed by atoms with Gasteiger partial charge in [0.1, 0.15) is 11.4 Å². The minimum absolute atomic E-state index is 0.0406. The molecule has 7 heteroatoms. The van der Waals surface area contributed by atoms with Crippen LogP contribution in [-0.4, -0.2) is 43.6 Å². The fourth-order valence-corrected chi connectivity index (χ4v) is 4.57. The summed E-state index contributed by atoms with van der Waals surface area (Å²) < 4.78 is 7.84. The van der Waals surface area contributed by atoms with Crippen molar-refractivity contribution in [2.24, 2.45) is 7.05 Å². The van der Waals surface area contributed by atoms with Crippen LogP contribution in [0, 0.1) is 6.92 Å². The van der Waals surface area contributed by atoms with Gasteiger partial charge in [0.15, 0.2) is 5.69 Å². The number of hydrogen-bond acceptors (Lipinski definition) is 5. The van der Waals surface area contributed by atoms with E-state index >= 15 is 0 Å². The highest BCUT2D eigenvalue weighted by Crippen LogP contribution is 2.43. The third-order valence-corrected chi connectivity index (χ3v) is 6.35. The number of carbonyl (C=O) groups is 1. The Bertz CT molecular complexity index is 874. The van der Waals surface area contributed by atoms with E-state index in [0.29, 0.717) is 31.3 Å². The molecule has 0 bridgehead atoms. The highest BCUT2D eigenvalue weighted by molar-refractivity contribution is 5.93. The Balaban J connectivity index is 1.32. The summed E-state index contributed by atoms with van der Waals surface area (Å²) in [6.07, 6.45) is 8.21. The molecule has 2 aliphatic heterocycles. The molecule has 1 saturated heterocycles. The number of aryl methyl sites for hydroxylation is 2. The van der Waals surface area contributed by atoms with Crippen LogP contribution in [0.5, 0.6) is 0 Å². The highest BCUT2D eigenvalue weighted by Gasteiger charge is 2.53. The maximum absolute atomic E-state index is 12.7. The molecule has 1 amide bonds. The molecule has 0 radical (unpaired) electrons. The van der Waals surface area contributed by atoms with Crippen molar-refractivity contribution in [2.75, 3.05) is 13.1 Å². The highest BCUT2D eigenvalue weighted by atomic mass is 16.5. The number of likely N-dealkylation sites (tertiary alicyclic amines) is 1. The normalized spacial score (nSPS) is 21.3. The van der Waals surface area contributed by atoms with Gasteiger partial charge in [0.25, 0.3) is 5.91 Å². The second kappa shape index (κ2) is 6.12. The zero-order valence-corrected chi connectivity index (χ0v) is 15.9. The molecule has 2 fully saturated rings. The van der Waals surface area contributed by atoms with Crippen molar-refractivity contribution < 1.29 is 9.53 Å². The average molecular weight is 367 g/mol. The first-order valence-corrected chi connectivity index (χ1v) is 9.86. The van der Waals surface area contributed by atoms with Gasteiger partial charge in [0.05, 0.1) is 25.4 Å². The fraction of sp³-hybridized carbons (Fsp3) is 0.600. The number of carbonyl (C=O) groups excluding carboxylic acids is 1. The van der Waals surface area contributed by atoms with Crippen LogP contribution in [-0.2, 0) is 24.0 Å². The fourth-order valence-electron chi connectivity index (χ4n) is 4.57. The van der Waals surface area contributed by atoms with Gasteiger partial charge in [0.2, 0.25) is 0 Å². The maximum Gasteiger partial charge on any atom is 0.274 e. The third-order valence-electron chi connectivity index (χ3n) is 6.35. The van der Waals surface area contributed by atoms with Crippen LogP contribution < -0.4 is 0 Å². The minimum Gasteiger partial charge on any atom is -0.360 e. The number of fused-ring (bicyclic) bond motifs is 2. The van der Waals surface area contributed by atoms with Crippen LogP contribution in [0.15, 0.2) is 12.3 Å². The van der Waals surface area contributed by atoms with E-state index < -0.39 is 5.60 Å². The number of rotatable bonds is 2. The van der Waals surface area contributed by atoms with Crippen LogP contribution in [0.1, 0.15) is 71.3 Å². The monoisotopic (exact) mass is 367 g/mol. The van der Waals surface area contributed by atoms with Gasteiger partial charge in [-0.05, 0) is 25.8 Å². The number of ether oxygens (including phenoxy) is 1. The van der Waals surface area contributed by atoms with Crippen molar-refractivity contribution in [3.63, 3.8) is 0 Å². The first-order valence-electron chi connectivity index (χ1n) is 9.86. The van der Waals surface area contributed by atoms with Crippen molar-refractivity contribution in [3.8, 4) is 0 Å². The Morgan fingerprint density at radius 2 is 2.04 bits per heavy atom. The molecule has 0 aromatic carbocycles. The van der Waals surface area contributed by atoms with Crippen LogP contribution >= 0.6 is 0 Å². The van der Waals surface area contributed by atoms with Crippen LogP contribution in [0.25, 0.3) is 0 Å². The van der Waals surface area contributed by atoms with Crippen molar-refractivity contribution >= 4 is 5.91 Å². The Hall–Kier alpha value is -2.28. The summed E-state index contributed by atoms with van der Waals surface area (Å²) >= 11 is 0. The first kappa shape index (κ1) is 16.9. The minimum atomic E-state index is -0.431. The predicted molar refractivity (Wildman–Crippen MR) is 98.2 cm³/mol. The van der Waals surface area contributed by atoms with Crippen molar-refractivity contribution in [1.82, 2.24) is 24.6 Å². The molecule has 27 heavy (non-hydrogen) atoms. The lowest BCUT2D eigenvalue weighted by Crippen LogP contribution is -2.61. The quantitative estimate of drug-likeness (QED) is 0.815. The maximum atomic E-state index is 12.7. The molecular formula is C20H25N5O2. The molecule has 0 atom stereocenters. The Morgan fingerprint density at radius 3 is 2.74 bits per heavy atom. The van der Waals surface area contributed by atoms with Crippen molar-refractivity contribution in [1.29, 1.82) is 0 Å². The number of hydrogen-bond donors (Lipinski definition) is 0. The number of amides is 1. The Morgan fingerprint density at radius 1 is 1.26 bits per heavy atom. The molecule has 3 aliphatic rings. The Labute approximate surface area is 158 Å². The molecule has 0 unspecified atom stereocenters. The van der Waals surface area contributed by atoms with E-state index in [2.05, 4.69) is 10.1 Å². The van der Waals surface area contributed by atoms with E-state index in [9.17, 15) is 4.79 Å². The van der Waals surface area contributed by atoms with Crippen LogP contribution in [0.4, 0.5) is 0 Å². The first-order chi connectivity index (χ1) is 13.1. The zero-order valence-electron chi connectivity index (χ0n) is 15.9. The van der Waals surface area contributed by atoms with E-state index in [1.807, 2.05) is 26.2 Å². The van der Waals surface area contributed by atoms with Gasteiger partial charge in [-0.3, -0.25) is 9.48 Å². The molecule has 142 valence electrons. The molecule has 2 aromatic rings. The van der Waals surface area contributed by atoms with Gasteiger partial charge in [-0.2, -0.15) is 5.10 Å². The van der Waals surface area contributed by atoms with Gasteiger partial charge in [-0.1, -0.05) is 19.3 Å². The van der Waals surface area contributed by atoms with E-state index in [1.165, 1.54) is 32.1 Å². The molecule has 7 nitrogen and oxygen atoms in total. The zero-order chi connectivity index (χ0) is 18.6. The summed E-state index contributed by atoms with van der Waals surface area (Å²) in [5.41, 5.74) is 3.10. The summed E-state index contributed by atoms with van der Waals surface area (Å²) in [7, 11) is 1.85. The van der Waals surface area contributed by atoms with Gasteiger partial charge >= 0.3 is 0 Å². The molecule has 2 aromatic heterocycles. The average Bonchev–Trinajstić information content (AvgIpc) is 3.21. The van der Waals surface area contributed by atoms with Gasteiger partial charge in [0, 0.05) is 30.4 Å². The molecule has 4 heterocycles. The summed E-state index contributed by atoms with van der Waals surface area (Å²) in [6.45, 7) is 3.54. The molecule has 1 aliphatic carbocycles. The predicted octanol–water partition coefficient (Wildman–Crippen LogP) is 2.45. The van der Waals surface area contributed by atoms with Crippen molar-refractivity contribution in [2.45, 2.75) is 57.2 Å². The lowest BCUT2D eigenvalue weighted by Gasteiger charge is -2.46. The van der Waals surface area contributed by atoms with E-state index in [4.69, 9.17) is 9.72 Å². The second-order valence-corrected chi connectivity index (χ2v) is 8.16. The van der Waals surface area contributed by atoms with Crippen LogP contribution in [0.3, 0.4) is 0 Å². The van der Waals surface area contributed by atoms with E-state index in [0.717, 1.165) is 22.8 Å². The van der Waals surface area contributed by atoms with E-state index in [-0.39, 0.29) is 5.91 Å². The third kappa shape index (κ3) is 2.67. The summed E-state index contributed by atoms with van der Waals surface area (Å²) in [5.74, 6) is 1.43. The standard InChI is InChI=1S/C20H25N5O2/c1-13-8-16(23-24(13)2)19(26)25-11-20(12-25)15-9-21-18(22-17(15)10-27-20)14-6-4-3-5-7-14/h8-9,14H,3-7,10-12H2,1-2H3. The summed E-state index contributed by atoms with van der Waals surface area (Å²) in [4.78, 5) is 24.0. The molecule has 1 spiro atoms. The largest absolute Gasteiger partial charge is 0.360 e. The summed E-state index contributed by atoms with van der Waals surface area (Å²) in [5, 5.41) is 4.30. The van der Waals surface area contributed by atoms with E-state index in [1.54, 1.807) is 9.58 Å². The molecule has 5 rings (SSSR count). The molecule has 1 saturated carbocycles. The summed E-state index contributed by atoms with van der Waals surface area (Å²) in [6, 6.07) is 1.83. The Kier molecular flexibility index (Phi) is 3.82. The molecule has 0 N–H and O–H groups in total. The lowest BCUT2D eigenvalue weighted by atomic mass is 9.86. The second-order valence-electron chi connectivity index (χ2n) is 8.16. The lowest BCUT2D eigenvalue weighted by molar-refractivity contribution is -0.126. The SMILES string of the molecule is Cc1cc(C(=O)N2CC3(C2)OCc2nc(C4CCCCC4)ncc23)nn1C. The van der Waals surface area contributed by atoms with Gasteiger partial charge < -0.3 is 9.64 Å². The smallest absolute Gasteiger partial charge is 0.274 e. The van der Waals surface area contributed by atoms with Crippen molar-refractivity contribution in [3.05, 3.63) is 40.7 Å². The molecular weight excluding hydrogens is 342 g/mol. The van der Waals surface area contributed by atoms with Crippen LogP contribution in [0.2, 0.25) is 0 Å².